The molecule has 1 aliphatic heterocycles. The summed E-state index contributed by atoms with van der Waals surface area (Å²) in [7, 11) is 0. The van der Waals surface area contributed by atoms with Gasteiger partial charge in [-0.15, -0.1) is 0 Å². The van der Waals surface area contributed by atoms with Crippen molar-refractivity contribution in [2.24, 2.45) is 5.92 Å². The predicted octanol–water partition coefficient (Wildman–Crippen LogP) is 3.11. The number of aryl methyl sites for hydroxylation is 1. The smallest absolute Gasteiger partial charge is 0.273 e. The maximum Gasteiger partial charge on any atom is 0.273 e. The van der Waals surface area contributed by atoms with Gasteiger partial charge in [0, 0.05) is 40.9 Å². The summed E-state index contributed by atoms with van der Waals surface area (Å²) >= 11 is 3.36. The second-order valence-corrected chi connectivity index (χ2v) is 5.34. The van der Waals surface area contributed by atoms with Gasteiger partial charge in [-0.1, -0.05) is 0 Å². The molecule has 0 saturated carbocycles. The van der Waals surface area contributed by atoms with E-state index in [1.165, 1.54) is 0 Å². The Morgan fingerprint density at radius 3 is 3.00 bits per heavy atom. The zero-order valence-electron chi connectivity index (χ0n) is 10.1. The molecule has 1 heterocycles. The van der Waals surface area contributed by atoms with Crippen LogP contribution in [-0.2, 0) is 4.74 Å². The fourth-order valence-electron chi connectivity index (χ4n) is 2.00. The van der Waals surface area contributed by atoms with Crippen LogP contribution in [0.4, 0.5) is 11.4 Å². The molecular formula is C12H15BrN2O3. The van der Waals surface area contributed by atoms with Crippen LogP contribution in [0.5, 0.6) is 0 Å². The first kappa shape index (κ1) is 13.3. The number of hydrogen-bond donors (Lipinski definition) is 1. The molecule has 1 N–H and O–H groups in total. The van der Waals surface area contributed by atoms with Crippen molar-refractivity contribution >= 4 is 27.3 Å². The number of benzene rings is 1. The summed E-state index contributed by atoms with van der Waals surface area (Å²) in [6.45, 7) is 4.19. The third-order valence-corrected chi connectivity index (χ3v) is 3.74. The van der Waals surface area contributed by atoms with E-state index in [9.17, 15) is 10.1 Å². The lowest BCUT2D eigenvalue weighted by molar-refractivity contribution is -0.385. The number of rotatable bonds is 4. The van der Waals surface area contributed by atoms with E-state index in [2.05, 4.69) is 21.2 Å². The highest BCUT2D eigenvalue weighted by Crippen LogP contribution is 2.31. The number of hydrogen-bond acceptors (Lipinski definition) is 4. The van der Waals surface area contributed by atoms with Gasteiger partial charge in [0.15, 0.2) is 0 Å². The van der Waals surface area contributed by atoms with Crippen LogP contribution in [0.25, 0.3) is 0 Å². The van der Waals surface area contributed by atoms with Gasteiger partial charge in [0.2, 0.25) is 0 Å². The third kappa shape index (κ3) is 3.00. The molecule has 5 nitrogen and oxygen atoms in total. The molecule has 0 bridgehead atoms. The molecule has 1 atom stereocenters. The molecule has 1 fully saturated rings. The van der Waals surface area contributed by atoms with E-state index in [4.69, 9.17) is 4.74 Å². The normalized spacial score (nSPS) is 18.9. The van der Waals surface area contributed by atoms with Gasteiger partial charge in [-0.2, -0.15) is 0 Å². The Kier molecular flexibility index (Phi) is 4.19. The van der Waals surface area contributed by atoms with Crippen LogP contribution >= 0.6 is 15.9 Å². The summed E-state index contributed by atoms with van der Waals surface area (Å²) in [6, 6.07) is 3.35. The Balaban J connectivity index is 2.08. The fourth-order valence-corrected chi connectivity index (χ4v) is 2.47. The number of anilines is 1. The van der Waals surface area contributed by atoms with Crippen molar-refractivity contribution in [1.29, 1.82) is 0 Å². The second kappa shape index (κ2) is 5.67. The SMILES string of the molecule is Cc1cc(NCC2CCOC2)c(Br)cc1[N+](=O)[O-]. The second-order valence-electron chi connectivity index (χ2n) is 4.49. The lowest BCUT2D eigenvalue weighted by Gasteiger charge is -2.13. The van der Waals surface area contributed by atoms with Crippen molar-refractivity contribution in [2.45, 2.75) is 13.3 Å². The fraction of sp³-hybridized carbons (Fsp3) is 0.500. The van der Waals surface area contributed by atoms with Gasteiger partial charge in [-0.05, 0) is 35.3 Å². The molecule has 98 valence electrons. The van der Waals surface area contributed by atoms with Crippen molar-refractivity contribution in [3.05, 3.63) is 32.3 Å². The van der Waals surface area contributed by atoms with Crippen LogP contribution in [0.1, 0.15) is 12.0 Å². The average molecular weight is 315 g/mol. The Hall–Kier alpha value is -1.14. The zero-order valence-corrected chi connectivity index (χ0v) is 11.7. The molecule has 0 amide bonds. The Morgan fingerprint density at radius 2 is 2.39 bits per heavy atom. The van der Waals surface area contributed by atoms with Crippen LogP contribution in [0.15, 0.2) is 16.6 Å². The van der Waals surface area contributed by atoms with Crippen LogP contribution < -0.4 is 5.32 Å². The minimum absolute atomic E-state index is 0.136. The van der Waals surface area contributed by atoms with Gasteiger partial charge in [0.1, 0.15) is 0 Å². The molecule has 1 aliphatic rings. The number of nitro benzene ring substituents is 1. The van der Waals surface area contributed by atoms with Crippen molar-refractivity contribution in [3.63, 3.8) is 0 Å². The van der Waals surface area contributed by atoms with E-state index in [0.29, 0.717) is 11.5 Å². The molecule has 1 aromatic rings. The molecule has 1 aromatic carbocycles. The summed E-state index contributed by atoms with van der Waals surface area (Å²) in [5.41, 5.74) is 1.69. The van der Waals surface area contributed by atoms with Gasteiger partial charge >= 0.3 is 0 Å². The van der Waals surface area contributed by atoms with Crippen LogP contribution in [0.2, 0.25) is 0 Å². The molecule has 0 aromatic heterocycles. The van der Waals surface area contributed by atoms with Gasteiger partial charge in [0.05, 0.1) is 11.5 Å². The molecule has 6 heteroatoms. The molecule has 18 heavy (non-hydrogen) atoms. The van der Waals surface area contributed by atoms with Crippen molar-refractivity contribution in [2.75, 3.05) is 25.1 Å². The highest BCUT2D eigenvalue weighted by atomic mass is 79.9. The van der Waals surface area contributed by atoms with E-state index in [0.717, 1.165) is 36.3 Å². The summed E-state index contributed by atoms with van der Waals surface area (Å²) < 4.78 is 6.03. The lowest BCUT2D eigenvalue weighted by Crippen LogP contribution is -2.14. The highest BCUT2D eigenvalue weighted by molar-refractivity contribution is 9.10. The third-order valence-electron chi connectivity index (χ3n) is 3.09. The number of ether oxygens (including phenoxy) is 1. The Labute approximate surface area is 114 Å². The van der Waals surface area contributed by atoms with Gasteiger partial charge in [0.25, 0.3) is 5.69 Å². The lowest BCUT2D eigenvalue weighted by atomic mass is 10.1. The first-order valence-corrected chi connectivity index (χ1v) is 6.63. The van der Waals surface area contributed by atoms with E-state index in [1.54, 1.807) is 19.1 Å². The average Bonchev–Trinajstić information content (AvgIpc) is 2.82. The molecule has 2 rings (SSSR count). The standard InChI is InChI=1S/C12H15BrN2O3/c1-8-4-11(10(13)5-12(8)15(16)17)14-6-9-2-3-18-7-9/h4-5,9,14H,2-3,6-7H2,1H3. The van der Waals surface area contributed by atoms with Gasteiger partial charge in [-0.3, -0.25) is 10.1 Å². The minimum Gasteiger partial charge on any atom is -0.384 e. The van der Waals surface area contributed by atoms with Gasteiger partial charge in [-0.25, -0.2) is 0 Å². The molecular weight excluding hydrogens is 300 g/mol. The number of nitro groups is 1. The quantitative estimate of drug-likeness (QED) is 0.685. The summed E-state index contributed by atoms with van der Waals surface area (Å²) in [6.07, 6.45) is 1.07. The van der Waals surface area contributed by atoms with Crippen LogP contribution in [0.3, 0.4) is 0 Å². The van der Waals surface area contributed by atoms with Crippen molar-refractivity contribution < 1.29 is 9.66 Å². The number of nitrogens with zero attached hydrogens (tertiary/aromatic N) is 1. The maximum absolute atomic E-state index is 10.8. The molecule has 0 radical (unpaired) electrons. The Morgan fingerprint density at radius 1 is 1.61 bits per heavy atom. The zero-order chi connectivity index (χ0) is 13.1. The largest absolute Gasteiger partial charge is 0.384 e. The van der Waals surface area contributed by atoms with E-state index < -0.39 is 0 Å². The van der Waals surface area contributed by atoms with Gasteiger partial charge < -0.3 is 10.1 Å². The van der Waals surface area contributed by atoms with Crippen molar-refractivity contribution in [3.8, 4) is 0 Å². The van der Waals surface area contributed by atoms with Crippen LogP contribution in [-0.4, -0.2) is 24.7 Å². The summed E-state index contributed by atoms with van der Waals surface area (Å²) in [4.78, 5) is 10.4. The van der Waals surface area contributed by atoms with E-state index in [-0.39, 0.29) is 10.6 Å². The monoisotopic (exact) mass is 314 g/mol. The Bertz CT molecular complexity index is 459. The van der Waals surface area contributed by atoms with E-state index >= 15 is 0 Å². The molecule has 0 spiro atoms. The molecule has 0 aliphatic carbocycles. The topological polar surface area (TPSA) is 64.4 Å². The maximum atomic E-state index is 10.8. The molecule has 1 saturated heterocycles. The number of halogens is 1. The first-order chi connectivity index (χ1) is 8.58. The first-order valence-electron chi connectivity index (χ1n) is 5.84. The predicted molar refractivity (Wildman–Crippen MR) is 72.9 cm³/mol. The van der Waals surface area contributed by atoms with E-state index in [1.807, 2.05) is 0 Å². The van der Waals surface area contributed by atoms with Crippen molar-refractivity contribution in [1.82, 2.24) is 0 Å². The highest BCUT2D eigenvalue weighted by Gasteiger charge is 2.17. The summed E-state index contributed by atoms with van der Waals surface area (Å²) in [5.74, 6) is 0.521. The summed E-state index contributed by atoms with van der Waals surface area (Å²) in [5, 5.41) is 14.1. The molecule has 1 unspecified atom stereocenters. The van der Waals surface area contributed by atoms with Crippen LogP contribution in [0, 0.1) is 23.0 Å². The number of nitrogens with one attached hydrogen (secondary N) is 1. The minimum atomic E-state index is -0.366.